The molecule has 1 fully saturated rings. The van der Waals surface area contributed by atoms with Crippen LogP contribution in [0.3, 0.4) is 0 Å². The number of ether oxygens (including phenoxy) is 1. The third-order valence-electron chi connectivity index (χ3n) is 4.12. The van der Waals surface area contributed by atoms with Gasteiger partial charge < -0.3 is 24.8 Å². The third kappa shape index (κ3) is 4.96. The number of morpholine rings is 1. The predicted molar refractivity (Wildman–Crippen MR) is 97.9 cm³/mol. The maximum Gasteiger partial charge on any atom is 0.319 e. The Labute approximate surface area is 148 Å². The molecule has 0 bridgehead atoms. The minimum atomic E-state index is -0.207. The molecule has 1 aliphatic rings. The van der Waals surface area contributed by atoms with Gasteiger partial charge in [0.25, 0.3) is 0 Å². The van der Waals surface area contributed by atoms with E-state index in [1.54, 1.807) is 12.5 Å². The summed E-state index contributed by atoms with van der Waals surface area (Å²) in [6.07, 6.45) is 5.76. The maximum absolute atomic E-state index is 11.9. The SMILES string of the molecule is C[C@@H]1CN(c2ccc(NC(=O)NCCn3ccnc3)cc2)C[C@H](C)O1. The van der Waals surface area contributed by atoms with Crippen LogP contribution in [0, 0.1) is 0 Å². The lowest BCUT2D eigenvalue weighted by atomic mass is 10.2. The monoisotopic (exact) mass is 343 g/mol. The summed E-state index contributed by atoms with van der Waals surface area (Å²) in [6, 6.07) is 7.71. The molecule has 2 aromatic rings. The van der Waals surface area contributed by atoms with Crippen molar-refractivity contribution in [2.45, 2.75) is 32.6 Å². The third-order valence-corrected chi connectivity index (χ3v) is 4.12. The molecule has 0 saturated carbocycles. The number of amides is 2. The molecule has 1 aromatic heterocycles. The van der Waals surface area contributed by atoms with Crippen LogP contribution in [0.5, 0.6) is 0 Å². The molecule has 1 aromatic carbocycles. The quantitative estimate of drug-likeness (QED) is 0.874. The number of hydrogen-bond acceptors (Lipinski definition) is 4. The topological polar surface area (TPSA) is 71.4 Å². The summed E-state index contributed by atoms with van der Waals surface area (Å²) < 4.78 is 7.68. The van der Waals surface area contributed by atoms with Gasteiger partial charge in [0, 0.05) is 49.9 Å². The van der Waals surface area contributed by atoms with Crippen molar-refractivity contribution in [2.75, 3.05) is 29.9 Å². The first-order valence-corrected chi connectivity index (χ1v) is 8.61. The molecule has 3 rings (SSSR count). The Balaban J connectivity index is 1.47. The van der Waals surface area contributed by atoms with E-state index < -0.39 is 0 Å². The lowest BCUT2D eigenvalue weighted by Gasteiger charge is -2.36. The molecule has 0 aliphatic carbocycles. The van der Waals surface area contributed by atoms with Gasteiger partial charge in [-0.2, -0.15) is 0 Å². The fourth-order valence-corrected chi connectivity index (χ4v) is 3.04. The summed E-state index contributed by atoms with van der Waals surface area (Å²) in [4.78, 5) is 18.2. The van der Waals surface area contributed by atoms with Crippen LogP contribution in [0.1, 0.15) is 13.8 Å². The molecule has 2 atom stereocenters. The van der Waals surface area contributed by atoms with Gasteiger partial charge in [-0.25, -0.2) is 9.78 Å². The Hall–Kier alpha value is -2.54. The van der Waals surface area contributed by atoms with Gasteiger partial charge in [0.2, 0.25) is 0 Å². The predicted octanol–water partition coefficient (Wildman–Crippen LogP) is 2.32. The van der Waals surface area contributed by atoms with Crippen LogP contribution < -0.4 is 15.5 Å². The van der Waals surface area contributed by atoms with Crippen LogP contribution in [-0.4, -0.2) is 47.4 Å². The highest BCUT2D eigenvalue weighted by Crippen LogP contribution is 2.22. The number of benzene rings is 1. The van der Waals surface area contributed by atoms with Crippen molar-refractivity contribution < 1.29 is 9.53 Å². The second kappa shape index (κ2) is 8.02. The molecule has 134 valence electrons. The molecule has 2 N–H and O–H groups in total. The lowest BCUT2D eigenvalue weighted by molar-refractivity contribution is -0.00521. The van der Waals surface area contributed by atoms with Crippen LogP contribution in [0.2, 0.25) is 0 Å². The lowest BCUT2D eigenvalue weighted by Crippen LogP contribution is -2.45. The molecular weight excluding hydrogens is 318 g/mol. The molecule has 25 heavy (non-hydrogen) atoms. The highest BCUT2D eigenvalue weighted by Gasteiger charge is 2.22. The number of rotatable bonds is 5. The summed E-state index contributed by atoms with van der Waals surface area (Å²) in [6.45, 7) is 7.18. The van der Waals surface area contributed by atoms with Crippen LogP contribution in [-0.2, 0) is 11.3 Å². The minimum absolute atomic E-state index is 0.207. The molecule has 0 spiro atoms. The number of hydrogen-bond donors (Lipinski definition) is 2. The van der Waals surface area contributed by atoms with Crippen molar-refractivity contribution in [1.82, 2.24) is 14.9 Å². The second-order valence-corrected chi connectivity index (χ2v) is 6.39. The Kier molecular flexibility index (Phi) is 5.55. The largest absolute Gasteiger partial charge is 0.372 e. The standard InChI is InChI=1S/C18H25N5O2/c1-14-11-23(12-15(2)25-14)17-5-3-16(4-6-17)21-18(24)20-8-10-22-9-7-19-13-22/h3-7,9,13-15H,8,10-12H2,1-2H3,(H2,20,21,24)/t14-,15+. The molecular formula is C18H25N5O2. The van der Waals surface area contributed by atoms with E-state index in [1.807, 2.05) is 35.0 Å². The van der Waals surface area contributed by atoms with E-state index in [0.29, 0.717) is 13.1 Å². The van der Waals surface area contributed by atoms with Crippen LogP contribution in [0.15, 0.2) is 43.0 Å². The van der Waals surface area contributed by atoms with E-state index >= 15 is 0 Å². The van der Waals surface area contributed by atoms with Crippen molar-refractivity contribution >= 4 is 17.4 Å². The fraction of sp³-hybridized carbons (Fsp3) is 0.444. The van der Waals surface area contributed by atoms with E-state index in [2.05, 4.69) is 34.4 Å². The van der Waals surface area contributed by atoms with E-state index in [1.165, 1.54) is 0 Å². The van der Waals surface area contributed by atoms with Gasteiger partial charge in [0.05, 0.1) is 18.5 Å². The normalized spacial score (nSPS) is 20.3. The number of nitrogens with one attached hydrogen (secondary N) is 2. The number of carbonyl (C=O) groups is 1. The summed E-state index contributed by atoms with van der Waals surface area (Å²) in [5.74, 6) is 0. The molecule has 2 amide bonds. The molecule has 7 heteroatoms. The first-order valence-electron chi connectivity index (χ1n) is 8.61. The molecule has 1 aliphatic heterocycles. The van der Waals surface area contributed by atoms with E-state index in [-0.39, 0.29) is 18.2 Å². The summed E-state index contributed by atoms with van der Waals surface area (Å²) in [7, 11) is 0. The van der Waals surface area contributed by atoms with Crippen LogP contribution in [0.25, 0.3) is 0 Å². The van der Waals surface area contributed by atoms with Crippen molar-refractivity contribution in [3.05, 3.63) is 43.0 Å². The van der Waals surface area contributed by atoms with Gasteiger partial charge in [0.15, 0.2) is 0 Å². The zero-order valence-electron chi connectivity index (χ0n) is 14.7. The Bertz CT molecular complexity index is 661. The van der Waals surface area contributed by atoms with Gasteiger partial charge in [-0.1, -0.05) is 0 Å². The zero-order chi connectivity index (χ0) is 17.6. The minimum Gasteiger partial charge on any atom is -0.372 e. The number of anilines is 2. The van der Waals surface area contributed by atoms with Gasteiger partial charge in [-0.15, -0.1) is 0 Å². The maximum atomic E-state index is 11.9. The summed E-state index contributed by atoms with van der Waals surface area (Å²) in [5, 5.41) is 5.68. The van der Waals surface area contributed by atoms with Gasteiger partial charge >= 0.3 is 6.03 Å². The number of imidazole rings is 1. The van der Waals surface area contributed by atoms with Gasteiger partial charge in [-0.05, 0) is 38.1 Å². The van der Waals surface area contributed by atoms with Crippen molar-refractivity contribution in [3.63, 3.8) is 0 Å². The highest BCUT2D eigenvalue weighted by molar-refractivity contribution is 5.89. The van der Waals surface area contributed by atoms with Crippen molar-refractivity contribution in [1.29, 1.82) is 0 Å². The molecule has 0 unspecified atom stereocenters. The molecule has 1 saturated heterocycles. The molecule has 7 nitrogen and oxygen atoms in total. The average molecular weight is 343 g/mol. The summed E-state index contributed by atoms with van der Waals surface area (Å²) in [5.41, 5.74) is 1.92. The van der Waals surface area contributed by atoms with Crippen LogP contribution >= 0.6 is 0 Å². The van der Waals surface area contributed by atoms with Crippen molar-refractivity contribution in [3.8, 4) is 0 Å². The van der Waals surface area contributed by atoms with Crippen molar-refractivity contribution in [2.24, 2.45) is 0 Å². The number of aromatic nitrogens is 2. The first-order chi connectivity index (χ1) is 12.1. The summed E-state index contributed by atoms with van der Waals surface area (Å²) >= 11 is 0. The zero-order valence-corrected chi connectivity index (χ0v) is 14.7. The Morgan fingerprint density at radius 2 is 1.96 bits per heavy atom. The molecule has 0 radical (unpaired) electrons. The average Bonchev–Trinajstić information content (AvgIpc) is 3.08. The fourth-order valence-electron chi connectivity index (χ4n) is 3.04. The molecule has 2 heterocycles. The van der Waals surface area contributed by atoms with E-state index in [4.69, 9.17) is 4.74 Å². The number of nitrogens with zero attached hydrogens (tertiary/aromatic N) is 3. The smallest absolute Gasteiger partial charge is 0.319 e. The second-order valence-electron chi connectivity index (χ2n) is 6.39. The first kappa shape index (κ1) is 17.3. The van der Waals surface area contributed by atoms with Gasteiger partial charge in [-0.3, -0.25) is 0 Å². The number of urea groups is 1. The van der Waals surface area contributed by atoms with E-state index in [9.17, 15) is 4.79 Å². The highest BCUT2D eigenvalue weighted by atomic mass is 16.5. The Morgan fingerprint density at radius 3 is 2.60 bits per heavy atom. The number of carbonyl (C=O) groups excluding carboxylic acids is 1. The Morgan fingerprint density at radius 1 is 1.24 bits per heavy atom. The van der Waals surface area contributed by atoms with Gasteiger partial charge in [0.1, 0.15) is 0 Å². The van der Waals surface area contributed by atoms with Crippen LogP contribution in [0.4, 0.5) is 16.2 Å². The van der Waals surface area contributed by atoms with E-state index in [0.717, 1.165) is 24.5 Å².